The first-order valence-corrected chi connectivity index (χ1v) is 10.6. The van der Waals surface area contributed by atoms with Crippen molar-refractivity contribution in [2.45, 2.75) is 13.0 Å². The fourth-order valence-corrected chi connectivity index (χ4v) is 3.87. The molecule has 0 radical (unpaired) electrons. The Morgan fingerprint density at radius 2 is 1.97 bits per heavy atom. The van der Waals surface area contributed by atoms with E-state index in [2.05, 4.69) is 4.98 Å². The normalized spacial score (nSPS) is 11.1. The van der Waals surface area contributed by atoms with Gasteiger partial charge in [0.15, 0.2) is 0 Å². The summed E-state index contributed by atoms with van der Waals surface area (Å²) in [5, 5.41) is 12.2. The first-order valence-electron chi connectivity index (χ1n) is 10.6. The summed E-state index contributed by atoms with van der Waals surface area (Å²) in [5.74, 6) is 0.0982. The number of nitrogens with zero attached hydrogens (tertiary/aromatic N) is 3. The number of carbonyl (C=O) groups is 1. The van der Waals surface area contributed by atoms with E-state index in [9.17, 15) is 14.9 Å². The minimum Gasteiger partial charge on any atom is -0.496 e. The quantitative estimate of drug-likeness (QED) is 0.209. The Hall–Kier alpha value is -4.46. The van der Waals surface area contributed by atoms with Gasteiger partial charge in [0, 0.05) is 48.4 Å². The Kier molecular flexibility index (Phi) is 6.68. The zero-order valence-corrected chi connectivity index (χ0v) is 18.8. The number of esters is 1. The molecule has 0 unspecified atom stereocenters. The van der Waals surface area contributed by atoms with Crippen molar-refractivity contribution >= 4 is 28.6 Å². The van der Waals surface area contributed by atoms with Gasteiger partial charge in [-0.25, -0.2) is 4.79 Å². The van der Waals surface area contributed by atoms with Crippen molar-refractivity contribution in [3.63, 3.8) is 0 Å². The fourth-order valence-electron chi connectivity index (χ4n) is 3.87. The highest BCUT2D eigenvalue weighted by atomic mass is 16.6. The molecule has 2 heterocycles. The van der Waals surface area contributed by atoms with E-state index in [-0.39, 0.29) is 5.69 Å². The highest BCUT2D eigenvalue weighted by molar-refractivity contribution is 5.90. The van der Waals surface area contributed by atoms with Crippen molar-refractivity contribution in [2.24, 2.45) is 0 Å². The van der Waals surface area contributed by atoms with Crippen LogP contribution in [0.3, 0.4) is 0 Å². The van der Waals surface area contributed by atoms with E-state index >= 15 is 0 Å². The summed E-state index contributed by atoms with van der Waals surface area (Å²) in [7, 11) is 2.86. The number of nitro groups is 1. The number of hydrogen-bond acceptors (Lipinski definition) is 6. The summed E-state index contributed by atoms with van der Waals surface area (Å²) in [6, 6.07) is 15.7. The molecule has 0 bridgehead atoms. The van der Waals surface area contributed by atoms with Gasteiger partial charge in [-0.1, -0.05) is 18.2 Å². The molecular formula is C26H23N3O5. The summed E-state index contributed by atoms with van der Waals surface area (Å²) in [6.45, 7) is 0.573. The summed E-state index contributed by atoms with van der Waals surface area (Å²) >= 11 is 0. The molecule has 4 aromatic rings. The Balaban J connectivity index is 1.71. The number of rotatable bonds is 8. The Labute approximate surface area is 196 Å². The van der Waals surface area contributed by atoms with Gasteiger partial charge in [-0.2, -0.15) is 0 Å². The summed E-state index contributed by atoms with van der Waals surface area (Å²) in [5.41, 5.74) is 3.92. The van der Waals surface area contributed by atoms with Crippen LogP contribution in [0.2, 0.25) is 0 Å². The minimum absolute atomic E-state index is 0.0310. The molecular weight excluding hydrogens is 434 g/mol. The van der Waals surface area contributed by atoms with E-state index in [1.807, 2.05) is 47.2 Å². The summed E-state index contributed by atoms with van der Waals surface area (Å²) in [6.07, 6.45) is 8.13. The van der Waals surface area contributed by atoms with Crippen LogP contribution in [0.25, 0.3) is 17.0 Å². The van der Waals surface area contributed by atoms with Gasteiger partial charge in [-0.15, -0.1) is 0 Å². The number of methoxy groups -OCH3 is 2. The molecule has 0 aliphatic carbocycles. The van der Waals surface area contributed by atoms with E-state index in [1.165, 1.54) is 20.3 Å². The molecule has 172 valence electrons. The zero-order chi connectivity index (χ0) is 24.1. The minimum atomic E-state index is -0.447. The SMILES string of the molecule is COC(=O)c1ccc(Cc2cn(C/C=C/c3ccccn3)c3ccc([N+](=O)[O-])cc23)c(OC)c1. The maximum Gasteiger partial charge on any atom is 0.337 e. The number of allylic oxidation sites excluding steroid dienone is 1. The lowest BCUT2D eigenvalue weighted by atomic mass is 10.0. The lowest BCUT2D eigenvalue weighted by Gasteiger charge is -2.10. The topological polar surface area (TPSA) is 96.5 Å². The van der Waals surface area contributed by atoms with E-state index in [4.69, 9.17) is 9.47 Å². The highest BCUT2D eigenvalue weighted by Gasteiger charge is 2.16. The molecule has 0 amide bonds. The van der Waals surface area contributed by atoms with Gasteiger partial charge < -0.3 is 14.0 Å². The maximum atomic E-state index is 11.9. The third-order valence-electron chi connectivity index (χ3n) is 5.53. The van der Waals surface area contributed by atoms with Crippen LogP contribution >= 0.6 is 0 Å². The van der Waals surface area contributed by atoms with Crippen LogP contribution in [0.1, 0.15) is 27.2 Å². The highest BCUT2D eigenvalue weighted by Crippen LogP contribution is 2.31. The van der Waals surface area contributed by atoms with Crippen molar-refractivity contribution in [1.82, 2.24) is 9.55 Å². The van der Waals surface area contributed by atoms with Crippen molar-refractivity contribution in [3.8, 4) is 5.75 Å². The molecule has 0 saturated heterocycles. The van der Waals surface area contributed by atoms with Gasteiger partial charge >= 0.3 is 5.97 Å². The number of benzene rings is 2. The van der Waals surface area contributed by atoms with Crippen molar-refractivity contribution in [1.29, 1.82) is 0 Å². The maximum absolute atomic E-state index is 11.9. The Morgan fingerprint density at radius 1 is 1.12 bits per heavy atom. The van der Waals surface area contributed by atoms with Crippen LogP contribution in [0, 0.1) is 10.1 Å². The van der Waals surface area contributed by atoms with Gasteiger partial charge in [-0.3, -0.25) is 15.1 Å². The third-order valence-corrected chi connectivity index (χ3v) is 5.53. The van der Waals surface area contributed by atoms with Gasteiger partial charge in [0.2, 0.25) is 0 Å². The number of non-ortho nitro benzene ring substituents is 1. The monoisotopic (exact) mass is 457 g/mol. The molecule has 4 rings (SSSR count). The van der Waals surface area contributed by atoms with Gasteiger partial charge in [0.25, 0.3) is 5.69 Å². The van der Waals surface area contributed by atoms with Crippen LogP contribution in [0.5, 0.6) is 5.75 Å². The number of carbonyl (C=O) groups excluding carboxylic acids is 1. The number of ether oxygens (including phenoxy) is 2. The molecule has 0 N–H and O–H groups in total. The zero-order valence-electron chi connectivity index (χ0n) is 18.8. The third kappa shape index (κ3) is 4.80. The standard InChI is InChI=1S/C26H23N3O5/c1-33-25-15-19(26(30)34-2)9-8-18(25)14-20-17-28(13-5-7-21-6-3-4-12-27-21)24-11-10-22(29(31)32)16-23(20)24/h3-12,15-17H,13-14H2,1-2H3/b7-5+. The van der Waals surface area contributed by atoms with Crippen LogP contribution < -0.4 is 4.74 Å². The van der Waals surface area contributed by atoms with E-state index in [1.54, 1.807) is 30.5 Å². The first kappa shape index (κ1) is 22.7. The summed E-state index contributed by atoms with van der Waals surface area (Å²) in [4.78, 5) is 27.2. The molecule has 0 fully saturated rings. The molecule has 8 heteroatoms. The van der Waals surface area contributed by atoms with Gasteiger partial charge in [0.1, 0.15) is 5.75 Å². The largest absolute Gasteiger partial charge is 0.496 e. The van der Waals surface area contributed by atoms with Gasteiger partial charge in [-0.05, 0) is 47.5 Å². The predicted octanol–water partition coefficient (Wildman–Crippen LogP) is 5.04. The van der Waals surface area contributed by atoms with E-state index < -0.39 is 10.9 Å². The first-order chi connectivity index (χ1) is 16.5. The number of hydrogen-bond donors (Lipinski definition) is 0. The lowest BCUT2D eigenvalue weighted by molar-refractivity contribution is -0.384. The Bertz CT molecular complexity index is 1380. The molecule has 0 aliphatic heterocycles. The molecule has 0 aliphatic rings. The molecule has 2 aromatic carbocycles. The number of fused-ring (bicyclic) bond motifs is 1. The molecule has 2 aromatic heterocycles. The molecule has 0 spiro atoms. The van der Waals surface area contributed by atoms with E-state index in [0.29, 0.717) is 24.3 Å². The van der Waals surface area contributed by atoms with Crippen molar-refractivity contribution in [2.75, 3.05) is 14.2 Å². The molecule has 0 atom stereocenters. The second-order valence-electron chi connectivity index (χ2n) is 7.62. The predicted molar refractivity (Wildman–Crippen MR) is 129 cm³/mol. The second kappa shape index (κ2) is 9.99. The van der Waals surface area contributed by atoms with Crippen LogP contribution in [-0.4, -0.2) is 34.7 Å². The molecule has 8 nitrogen and oxygen atoms in total. The average molecular weight is 457 g/mol. The van der Waals surface area contributed by atoms with Crippen LogP contribution in [0.4, 0.5) is 5.69 Å². The second-order valence-corrected chi connectivity index (χ2v) is 7.62. The number of nitro benzene ring substituents is 1. The van der Waals surface area contributed by atoms with E-state index in [0.717, 1.165) is 27.7 Å². The lowest BCUT2D eigenvalue weighted by Crippen LogP contribution is -2.03. The molecule has 34 heavy (non-hydrogen) atoms. The van der Waals surface area contributed by atoms with Crippen molar-refractivity contribution in [3.05, 3.63) is 106 Å². The number of aromatic nitrogens is 2. The fraction of sp³-hybridized carbons (Fsp3) is 0.154. The molecule has 0 saturated carbocycles. The average Bonchev–Trinajstić information content (AvgIpc) is 3.20. The van der Waals surface area contributed by atoms with Crippen LogP contribution in [0.15, 0.2) is 73.1 Å². The van der Waals surface area contributed by atoms with Crippen LogP contribution in [-0.2, 0) is 17.7 Å². The van der Waals surface area contributed by atoms with Crippen molar-refractivity contribution < 1.29 is 19.2 Å². The Morgan fingerprint density at radius 3 is 2.68 bits per heavy atom. The smallest absolute Gasteiger partial charge is 0.337 e. The number of pyridine rings is 1. The van der Waals surface area contributed by atoms with Gasteiger partial charge in [0.05, 0.1) is 30.4 Å². The summed E-state index contributed by atoms with van der Waals surface area (Å²) < 4.78 is 12.3.